The molecule has 47 heavy (non-hydrogen) atoms. The number of likely N-dealkylation sites (tertiary alicyclic amines) is 2. The van der Waals surface area contributed by atoms with Crippen molar-refractivity contribution in [3.63, 3.8) is 0 Å². The standard InChI is InChI=1S/C38H47N3O6/c42-26-27-8-10-30(11-9-27)35-22-34(25-41-20-4-7-33(41)24-40-18-1-2-19-40)46-38(47-35)31-14-12-29(13-15-31)32-6-3-5-28(21-32)23-39-36(43)16-17-37(44)45/h3,5-6,8-15,21,33-35,38,42H,1-2,4,7,16-20,22-26H2,(H,39,43)(H,44,45). The van der Waals surface area contributed by atoms with Gasteiger partial charge < -0.3 is 29.9 Å². The average Bonchev–Trinajstić information content (AvgIpc) is 3.79. The van der Waals surface area contributed by atoms with E-state index < -0.39 is 12.3 Å². The Morgan fingerprint density at radius 1 is 0.809 bits per heavy atom. The fourth-order valence-corrected chi connectivity index (χ4v) is 7.10. The lowest BCUT2D eigenvalue weighted by molar-refractivity contribution is -0.253. The maximum atomic E-state index is 12.0. The number of carbonyl (C=O) groups excluding carboxylic acids is 1. The van der Waals surface area contributed by atoms with E-state index in [-0.39, 0.29) is 37.6 Å². The van der Waals surface area contributed by atoms with Gasteiger partial charge in [-0.15, -0.1) is 0 Å². The van der Waals surface area contributed by atoms with Crippen LogP contribution in [0.5, 0.6) is 0 Å². The first-order chi connectivity index (χ1) is 22.9. The zero-order valence-corrected chi connectivity index (χ0v) is 27.1. The van der Waals surface area contributed by atoms with Gasteiger partial charge in [-0.2, -0.15) is 0 Å². The van der Waals surface area contributed by atoms with E-state index in [1.807, 2.05) is 36.4 Å². The third kappa shape index (κ3) is 9.06. The molecular formula is C38H47N3O6. The van der Waals surface area contributed by atoms with E-state index >= 15 is 0 Å². The molecule has 3 heterocycles. The van der Waals surface area contributed by atoms with Gasteiger partial charge in [-0.1, -0.05) is 66.7 Å². The van der Waals surface area contributed by atoms with Crippen LogP contribution in [0.15, 0.2) is 72.8 Å². The van der Waals surface area contributed by atoms with Crippen LogP contribution in [-0.2, 0) is 32.2 Å². The van der Waals surface area contributed by atoms with E-state index in [2.05, 4.69) is 51.5 Å². The third-order valence-electron chi connectivity index (χ3n) is 9.72. The van der Waals surface area contributed by atoms with Crippen molar-refractivity contribution in [3.8, 4) is 11.1 Å². The van der Waals surface area contributed by atoms with E-state index in [1.54, 1.807) is 0 Å². The number of hydrogen-bond donors (Lipinski definition) is 3. The van der Waals surface area contributed by atoms with Crippen LogP contribution in [0, 0.1) is 0 Å². The van der Waals surface area contributed by atoms with Crippen molar-refractivity contribution >= 4 is 11.9 Å². The molecule has 3 N–H and O–H groups in total. The summed E-state index contributed by atoms with van der Waals surface area (Å²) in [6.45, 7) is 5.95. The van der Waals surface area contributed by atoms with Crippen LogP contribution in [-0.4, -0.2) is 76.8 Å². The molecule has 3 fully saturated rings. The molecule has 0 aliphatic carbocycles. The highest BCUT2D eigenvalue weighted by Gasteiger charge is 2.36. The van der Waals surface area contributed by atoms with Gasteiger partial charge in [0.1, 0.15) is 0 Å². The molecule has 250 valence electrons. The number of ether oxygens (including phenoxy) is 2. The smallest absolute Gasteiger partial charge is 0.303 e. The highest BCUT2D eigenvalue weighted by atomic mass is 16.7. The quantitative estimate of drug-likeness (QED) is 0.227. The Hall–Kier alpha value is -3.60. The zero-order valence-electron chi connectivity index (χ0n) is 27.1. The number of nitrogens with one attached hydrogen (secondary N) is 1. The summed E-state index contributed by atoms with van der Waals surface area (Å²) in [5, 5.41) is 21.2. The summed E-state index contributed by atoms with van der Waals surface area (Å²) in [6, 6.07) is 24.9. The van der Waals surface area contributed by atoms with Gasteiger partial charge in [0.25, 0.3) is 0 Å². The molecule has 1 amide bonds. The number of carboxylic acids is 1. The van der Waals surface area contributed by atoms with E-state index in [9.17, 15) is 14.7 Å². The lowest BCUT2D eigenvalue weighted by Crippen LogP contribution is -2.45. The first-order valence-electron chi connectivity index (χ1n) is 17.1. The monoisotopic (exact) mass is 641 g/mol. The molecular weight excluding hydrogens is 594 g/mol. The van der Waals surface area contributed by atoms with Crippen molar-refractivity contribution < 1.29 is 29.3 Å². The molecule has 3 saturated heterocycles. The first-order valence-corrected chi connectivity index (χ1v) is 17.1. The number of nitrogens with zero attached hydrogens (tertiary/aromatic N) is 2. The molecule has 3 aromatic rings. The summed E-state index contributed by atoms with van der Waals surface area (Å²) < 4.78 is 13.3. The van der Waals surface area contributed by atoms with Gasteiger partial charge in [-0.05, 0) is 79.2 Å². The Labute approximate surface area is 277 Å². The van der Waals surface area contributed by atoms with E-state index in [1.165, 1.54) is 38.8 Å². The summed E-state index contributed by atoms with van der Waals surface area (Å²) in [5.41, 5.74) is 5.95. The van der Waals surface area contributed by atoms with Crippen LogP contribution in [0.2, 0.25) is 0 Å². The number of benzene rings is 3. The van der Waals surface area contributed by atoms with Crippen molar-refractivity contribution in [1.29, 1.82) is 0 Å². The number of aliphatic carboxylic acids is 1. The average molecular weight is 642 g/mol. The minimum absolute atomic E-state index is 0.0181. The van der Waals surface area contributed by atoms with Crippen LogP contribution >= 0.6 is 0 Å². The summed E-state index contributed by atoms with van der Waals surface area (Å²) in [6.07, 6.45) is 5.07. The maximum Gasteiger partial charge on any atom is 0.303 e. The third-order valence-corrected chi connectivity index (χ3v) is 9.72. The van der Waals surface area contributed by atoms with Gasteiger partial charge in [-0.25, -0.2) is 0 Å². The van der Waals surface area contributed by atoms with Crippen LogP contribution < -0.4 is 5.32 Å². The Morgan fingerprint density at radius 3 is 2.32 bits per heavy atom. The maximum absolute atomic E-state index is 12.0. The van der Waals surface area contributed by atoms with Gasteiger partial charge in [0.05, 0.1) is 25.2 Å². The molecule has 4 unspecified atom stereocenters. The minimum atomic E-state index is -0.981. The number of aliphatic hydroxyl groups excluding tert-OH is 1. The highest BCUT2D eigenvalue weighted by molar-refractivity contribution is 5.80. The van der Waals surface area contributed by atoms with Gasteiger partial charge in [0.2, 0.25) is 5.91 Å². The summed E-state index contributed by atoms with van der Waals surface area (Å²) >= 11 is 0. The predicted octanol–water partition coefficient (Wildman–Crippen LogP) is 5.43. The van der Waals surface area contributed by atoms with Crippen LogP contribution in [0.3, 0.4) is 0 Å². The fraction of sp³-hybridized carbons (Fsp3) is 0.474. The Kier molecular flexibility index (Phi) is 11.3. The molecule has 9 heteroatoms. The van der Waals surface area contributed by atoms with Crippen LogP contribution in [0.25, 0.3) is 11.1 Å². The molecule has 0 spiro atoms. The molecule has 9 nitrogen and oxygen atoms in total. The molecule has 0 aromatic heterocycles. The van der Waals surface area contributed by atoms with Gasteiger partial charge >= 0.3 is 5.97 Å². The predicted molar refractivity (Wildman–Crippen MR) is 179 cm³/mol. The lowest BCUT2D eigenvalue weighted by Gasteiger charge is -2.39. The Bertz CT molecular complexity index is 1470. The van der Waals surface area contributed by atoms with Gasteiger partial charge in [0, 0.05) is 44.1 Å². The lowest BCUT2D eigenvalue weighted by atomic mass is 9.98. The van der Waals surface area contributed by atoms with E-state index in [0.29, 0.717) is 12.6 Å². The first kappa shape index (κ1) is 33.3. The molecule has 3 aliphatic rings. The Balaban J connectivity index is 1.14. The zero-order chi connectivity index (χ0) is 32.6. The van der Waals surface area contributed by atoms with Crippen LogP contribution in [0.1, 0.15) is 79.6 Å². The fourth-order valence-electron chi connectivity index (χ4n) is 7.10. The second-order valence-corrected chi connectivity index (χ2v) is 13.1. The second kappa shape index (κ2) is 16.0. The van der Waals surface area contributed by atoms with Crippen molar-refractivity contribution in [1.82, 2.24) is 15.1 Å². The van der Waals surface area contributed by atoms with Gasteiger partial charge in [-0.3, -0.25) is 14.5 Å². The van der Waals surface area contributed by atoms with Crippen molar-refractivity contribution in [2.75, 3.05) is 32.7 Å². The number of amides is 1. The van der Waals surface area contributed by atoms with Crippen molar-refractivity contribution in [2.24, 2.45) is 0 Å². The summed E-state index contributed by atoms with van der Waals surface area (Å²) in [5.74, 6) is -1.26. The molecule has 3 aromatic carbocycles. The summed E-state index contributed by atoms with van der Waals surface area (Å²) in [4.78, 5) is 28.0. The number of rotatable bonds is 13. The number of carboxylic acid groups (broad SMARTS) is 1. The second-order valence-electron chi connectivity index (χ2n) is 13.1. The number of aliphatic hydroxyl groups is 1. The summed E-state index contributed by atoms with van der Waals surface area (Å²) in [7, 11) is 0. The van der Waals surface area contributed by atoms with E-state index in [0.717, 1.165) is 59.4 Å². The largest absolute Gasteiger partial charge is 0.481 e. The van der Waals surface area contributed by atoms with Crippen molar-refractivity contribution in [2.45, 2.75) is 82.6 Å². The molecule has 0 bridgehead atoms. The van der Waals surface area contributed by atoms with E-state index in [4.69, 9.17) is 14.6 Å². The minimum Gasteiger partial charge on any atom is -0.481 e. The Morgan fingerprint density at radius 2 is 1.57 bits per heavy atom. The number of carbonyl (C=O) groups is 2. The SMILES string of the molecule is O=C(O)CCC(=O)NCc1cccc(-c2ccc(C3OC(CN4CCCC4CN4CCCC4)CC(c4ccc(CO)cc4)O3)cc2)c1. The molecule has 4 atom stereocenters. The van der Waals surface area contributed by atoms with Crippen LogP contribution in [0.4, 0.5) is 0 Å². The van der Waals surface area contributed by atoms with Gasteiger partial charge in [0.15, 0.2) is 6.29 Å². The number of hydrogen-bond acceptors (Lipinski definition) is 7. The normalized spacial score (nSPS) is 23.6. The molecule has 3 aliphatic heterocycles. The molecule has 0 saturated carbocycles. The topological polar surface area (TPSA) is 112 Å². The highest BCUT2D eigenvalue weighted by Crippen LogP contribution is 2.39. The molecule has 0 radical (unpaired) electrons. The molecule has 6 rings (SSSR count). The van der Waals surface area contributed by atoms with Crippen molar-refractivity contribution in [3.05, 3.63) is 95.1 Å².